The largest absolute Gasteiger partial charge is 0.310 e. The molecular weight excluding hydrogens is 1360 g/mol. The first-order chi connectivity index (χ1) is 55.8. The van der Waals surface area contributed by atoms with E-state index in [0.29, 0.717) is 0 Å². The molecule has 0 atom stereocenters. The van der Waals surface area contributed by atoms with Gasteiger partial charge in [-0.05, 0) is 261 Å². The van der Waals surface area contributed by atoms with Gasteiger partial charge in [-0.3, -0.25) is 0 Å². The van der Waals surface area contributed by atoms with Gasteiger partial charge in [0.2, 0.25) is 0 Å². The predicted octanol–water partition coefficient (Wildman–Crippen LogP) is 30.8. The Kier molecular flexibility index (Phi) is 15.3. The fourth-order valence-electron chi connectivity index (χ4n) is 19.1. The van der Waals surface area contributed by atoms with Crippen LogP contribution in [0.3, 0.4) is 0 Å². The van der Waals surface area contributed by atoms with Crippen molar-refractivity contribution in [1.29, 1.82) is 0 Å². The number of fused-ring (bicyclic) bond motifs is 12. The molecule has 0 amide bonds. The van der Waals surface area contributed by atoms with Crippen molar-refractivity contribution in [2.24, 2.45) is 0 Å². The normalized spacial score (nSPS) is 12.4. The van der Waals surface area contributed by atoms with Crippen molar-refractivity contribution in [3.05, 3.63) is 424 Å². The average molecular weight is 1440 g/mol. The van der Waals surface area contributed by atoms with Gasteiger partial charge in [0.05, 0.1) is 11.0 Å². The lowest BCUT2D eigenvalue weighted by molar-refractivity contribution is 0.660. The third-order valence-electron chi connectivity index (χ3n) is 24.4. The predicted molar refractivity (Wildman–Crippen MR) is 482 cm³/mol. The summed E-state index contributed by atoms with van der Waals surface area (Å²) in [7, 11) is 0. The SMILES string of the molecule is CC1(C)c2ccccc2-c2ccc(N(c3ccc(-c4cc(-c5ccc(-c6cccc7ccccc67)c6c(-c7cccc8ccccc78)cccc56)cc(-c5ccc(-c6cccc7ccccc67)c6c(-c7cccc8ccccc78)cccc56)c4)cc3)c3ccc(-c4ccc5c(c4)c4ccccc4n5-c4ccccc4)cc3)cc21. The van der Waals surface area contributed by atoms with Gasteiger partial charge in [0.1, 0.15) is 0 Å². The molecule has 2 heteroatoms. The van der Waals surface area contributed by atoms with Crippen LogP contribution in [0.5, 0.6) is 0 Å². The monoisotopic (exact) mass is 1430 g/mol. The number of nitrogens with zero attached hydrogens (tertiary/aromatic N) is 2. The molecule has 0 saturated heterocycles. The van der Waals surface area contributed by atoms with E-state index in [1.807, 2.05) is 0 Å². The van der Waals surface area contributed by atoms with Crippen LogP contribution in [0.2, 0.25) is 0 Å². The maximum Gasteiger partial charge on any atom is 0.0541 e. The standard InChI is InChI=1S/C111H74N2/c1-111(2)105-48-16-14-38-95(105)96-60-59-84(70-106(96)111)112(82-55-50-71(51-56-82)77-54-65-108-104(69-77)97-39-15-17-49-107(97)113(108)81-32-4-3-5-33-81)83-57-52-72(53-58-83)78-66-79(89-61-63-102(93-42-20-30-75-26-8-12-36-87(75)93)109-98(89)44-22-46-100(109)91-40-18-28-73-24-6-10-34-85(73)91)68-80(67-78)90-62-64-103(94-43-21-31-76-27-9-13-37-88(76)94)110-99(90)45-23-47-101(110)92-41-19-29-74-25-7-11-35-86(74)92/h3-70H,1-2H3. The van der Waals surface area contributed by atoms with E-state index in [-0.39, 0.29) is 5.41 Å². The van der Waals surface area contributed by atoms with Gasteiger partial charge in [-0.1, -0.05) is 341 Å². The maximum absolute atomic E-state index is 2.48. The molecule has 1 aliphatic rings. The molecule has 0 fully saturated rings. The summed E-state index contributed by atoms with van der Waals surface area (Å²) in [5.74, 6) is 0. The third kappa shape index (κ3) is 10.8. The number of benzene rings is 20. The first-order valence-corrected chi connectivity index (χ1v) is 39.4. The van der Waals surface area contributed by atoms with E-state index in [2.05, 4.69) is 436 Å². The Morgan fingerprint density at radius 1 is 0.195 bits per heavy atom. The summed E-state index contributed by atoms with van der Waals surface area (Å²) in [5, 5.41) is 17.1. The van der Waals surface area contributed by atoms with Crippen molar-refractivity contribution >= 4 is 104 Å². The van der Waals surface area contributed by atoms with Crippen LogP contribution in [0.25, 0.3) is 192 Å². The summed E-state index contributed by atoms with van der Waals surface area (Å²) in [4.78, 5) is 2.46. The Balaban J connectivity index is 0.749. The molecule has 20 aromatic carbocycles. The van der Waals surface area contributed by atoms with Crippen LogP contribution < -0.4 is 4.90 Å². The van der Waals surface area contributed by atoms with Crippen LogP contribution in [0, 0.1) is 0 Å². The molecule has 0 radical (unpaired) electrons. The van der Waals surface area contributed by atoms with Crippen LogP contribution in [-0.2, 0) is 5.41 Å². The molecule has 1 aromatic heterocycles. The van der Waals surface area contributed by atoms with Crippen molar-refractivity contribution in [2.75, 3.05) is 4.90 Å². The lowest BCUT2D eigenvalue weighted by Crippen LogP contribution is -2.16. The third-order valence-corrected chi connectivity index (χ3v) is 24.4. The van der Waals surface area contributed by atoms with Gasteiger partial charge in [-0.15, -0.1) is 0 Å². The molecule has 0 aliphatic heterocycles. The Morgan fingerprint density at radius 3 is 1.06 bits per heavy atom. The van der Waals surface area contributed by atoms with E-state index in [1.165, 1.54) is 159 Å². The lowest BCUT2D eigenvalue weighted by Gasteiger charge is -2.28. The number of rotatable bonds is 12. The molecule has 1 aliphatic carbocycles. The van der Waals surface area contributed by atoms with E-state index in [0.717, 1.165) is 61.7 Å². The van der Waals surface area contributed by atoms with Crippen molar-refractivity contribution in [3.63, 3.8) is 0 Å². The van der Waals surface area contributed by atoms with Gasteiger partial charge in [0, 0.05) is 38.9 Å². The van der Waals surface area contributed by atoms with E-state index < -0.39 is 0 Å². The molecule has 0 saturated carbocycles. The summed E-state index contributed by atoms with van der Waals surface area (Å²) in [6, 6.07) is 155. The summed E-state index contributed by atoms with van der Waals surface area (Å²) in [5.41, 5.74) is 30.7. The molecule has 0 bridgehead atoms. The van der Waals surface area contributed by atoms with Gasteiger partial charge < -0.3 is 9.47 Å². The molecule has 22 rings (SSSR count). The van der Waals surface area contributed by atoms with Crippen LogP contribution in [-0.4, -0.2) is 4.57 Å². The van der Waals surface area contributed by atoms with Gasteiger partial charge >= 0.3 is 0 Å². The van der Waals surface area contributed by atoms with Gasteiger partial charge in [0.25, 0.3) is 0 Å². The van der Waals surface area contributed by atoms with E-state index in [1.54, 1.807) is 0 Å². The number of anilines is 3. The highest BCUT2D eigenvalue weighted by Gasteiger charge is 2.36. The summed E-state index contributed by atoms with van der Waals surface area (Å²) < 4.78 is 2.39. The molecule has 21 aromatic rings. The summed E-state index contributed by atoms with van der Waals surface area (Å²) >= 11 is 0. The van der Waals surface area contributed by atoms with E-state index >= 15 is 0 Å². The van der Waals surface area contributed by atoms with Crippen molar-refractivity contribution in [2.45, 2.75) is 19.3 Å². The highest BCUT2D eigenvalue weighted by Crippen LogP contribution is 2.53. The zero-order chi connectivity index (χ0) is 74.8. The summed E-state index contributed by atoms with van der Waals surface area (Å²) in [6.07, 6.45) is 0. The molecule has 0 N–H and O–H groups in total. The molecule has 0 unspecified atom stereocenters. The zero-order valence-corrected chi connectivity index (χ0v) is 62.7. The second kappa shape index (κ2) is 26.4. The molecule has 0 spiro atoms. The first-order valence-electron chi connectivity index (χ1n) is 39.4. The highest BCUT2D eigenvalue weighted by molar-refractivity contribution is 6.20. The van der Waals surface area contributed by atoms with Gasteiger partial charge in [-0.25, -0.2) is 0 Å². The highest BCUT2D eigenvalue weighted by atomic mass is 15.1. The minimum atomic E-state index is -0.204. The minimum Gasteiger partial charge on any atom is -0.310 e. The topological polar surface area (TPSA) is 8.17 Å². The zero-order valence-electron chi connectivity index (χ0n) is 62.7. The first kappa shape index (κ1) is 65.6. The van der Waals surface area contributed by atoms with Crippen molar-refractivity contribution in [1.82, 2.24) is 4.57 Å². The minimum absolute atomic E-state index is 0.204. The lowest BCUT2D eigenvalue weighted by atomic mass is 9.82. The quantitative estimate of drug-likeness (QED) is 0.118. The molecule has 1 heterocycles. The number of para-hydroxylation sites is 2. The van der Waals surface area contributed by atoms with Crippen LogP contribution in [0.4, 0.5) is 17.1 Å². The molecular formula is C111H74N2. The van der Waals surface area contributed by atoms with Crippen LogP contribution in [0.15, 0.2) is 413 Å². The number of hydrogen-bond donors (Lipinski definition) is 0. The Hall–Kier alpha value is -14.4. The summed E-state index contributed by atoms with van der Waals surface area (Å²) in [6.45, 7) is 4.76. The van der Waals surface area contributed by atoms with Gasteiger partial charge in [-0.2, -0.15) is 0 Å². The van der Waals surface area contributed by atoms with Crippen molar-refractivity contribution < 1.29 is 0 Å². The van der Waals surface area contributed by atoms with Crippen LogP contribution in [0.1, 0.15) is 25.0 Å². The Bertz CT molecular complexity index is 6990. The second-order valence-corrected chi connectivity index (χ2v) is 30.9. The second-order valence-electron chi connectivity index (χ2n) is 30.9. The van der Waals surface area contributed by atoms with Gasteiger partial charge in [0.15, 0.2) is 0 Å². The fourth-order valence-corrected chi connectivity index (χ4v) is 19.1. The molecule has 113 heavy (non-hydrogen) atoms. The number of aromatic nitrogens is 1. The van der Waals surface area contributed by atoms with E-state index in [9.17, 15) is 0 Å². The average Bonchev–Trinajstić information content (AvgIpc) is 1.32. The smallest absolute Gasteiger partial charge is 0.0541 e. The number of hydrogen-bond acceptors (Lipinski definition) is 1. The van der Waals surface area contributed by atoms with Crippen LogP contribution >= 0.6 is 0 Å². The van der Waals surface area contributed by atoms with Crippen molar-refractivity contribution in [3.8, 4) is 106 Å². The maximum atomic E-state index is 2.48. The fraction of sp³-hybridized carbons (Fsp3) is 0.0270. The molecule has 528 valence electrons. The Morgan fingerprint density at radius 2 is 0.540 bits per heavy atom. The molecule has 2 nitrogen and oxygen atoms in total. The Labute approximate surface area is 657 Å². The van der Waals surface area contributed by atoms with E-state index in [4.69, 9.17) is 0 Å².